The first kappa shape index (κ1) is 25.6. The molecule has 2 fully saturated rings. The van der Waals surface area contributed by atoms with Gasteiger partial charge in [0.05, 0.1) is 31.4 Å². The first-order chi connectivity index (χ1) is 20.0. The third kappa shape index (κ3) is 4.79. The SMILES string of the molecule is C[C@@H](NCc1ccc2c(c1)C(=O)N(c1cc(-c3ccc(C#N)cc3-c3nncn3C)cc(C3CC3)n1)C2)C1COC1. The molecule has 2 aromatic heterocycles. The van der Waals surface area contributed by atoms with Gasteiger partial charge in [0.2, 0.25) is 0 Å². The van der Waals surface area contributed by atoms with E-state index in [0.29, 0.717) is 48.2 Å². The molecule has 3 aliphatic rings. The Kier molecular flexibility index (Phi) is 6.37. The molecule has 4 aromatic rings. The Morgan fingerprint density at radius 1 is 1.10 bits per heavy atom. The van der Waals surface area contributed by atoms with Crippen LogP contribution >= 0.6 is 0 Å². The summed E-state index contributed by atoms with van der Waals surface area (Å²) in [7, 11) is 1.89. The van der Waals surface area contributed by atoms with Crippen LogP contribution in [0, 0.1) is 17.2 Å². The summed E-state index contributed by atoms with van der Waals surface area (Å²) >= 11 is 0. The topological polar surface area (TPSA) is 109 Å². The van der Waals surface area contributed by atoms with Crippen molar-refractivity contribution < 1.29 is 9.53 Å². The van der Waals surface area contributed by atoms with E-state index in [1.807, 2.05) is 41.9 Å². The lowest BCUT2D eigenvalue weighted by Gasteiger charge is -2.32. The third-order valence-electron chi connectivity index (χ3n) is 8.49. The van der Waals surface area contributed by atoms with Gasteiger partial charge >= 0.3 is 0 Å². The molecule has 7 rings (SSSR count). The van der Waals surface area contributed by atoms with Crippen LogP contribution in [0.5, 0.6) is 0 Å². The maximum atomic E-state index is 13.8. The van der Waals surface area contributed by atoms with Crippen molar-refractivity contribution in [2.75, 3.05) is 18.1 Å². The number of amides is 1. The van der Waals surface area contributed by atoms with E-state index >= 15 is 0 Å². The van der Waals surface area contributed by atoms with E-state index in [0.717, 1.165) is 65.1 Å². The molecule has 1 amide bonds. The molecule has 2 aromatic carbocycles. The predicted octanol–water partition coefficient (Wildman–Crippen LogP) is 4.58. The number of nitrogens with one attached hydrogen (secondary N) is 1. The van der Waals surface area contributed by atoms with E-state index in [2.05, 4.69) is 46.7 Å². The minimum Gasteiger partial charge on any atom is -0.381 e. The summed E-state index contributed by atoms with van der Waals surface area (Å²) in [4.78, 5) is 20.6. The van der Waals surface area contributed by atoms with Crippen molar-refractivity contribution >= 4 is 11.7 Å². The summed E-state index contributed by atoms with van der Waals surface area (Å²) in [6, 6.07) is 18.5. The smallest absolute Gasteiger partial charge is 0.260 e. The van der Waals surface area contributed by atoms with Crippen molar-refractivity contribution in [3.05, 3.63) is 82.8 Å². The number of rotatable bonds is 8. The van der Waals surface area contributed by atoms with Gasteiger partial charge in [-0.15, -0.1) is 10.2 Å². The number of hydrogen-bond acceptors (Lipinski definition) is 7. The molecule has 1 saturated carbocycles. The van der Waals surface area contributed by atoms with Crippen molar-refractivity contribution in [2.45, 2.75) is 44.8 Å². The molecule has 206 valence electrons. The highest BCUT2D eigenvalue weighted by Crippen LogP contribution is 2.43. The van der Waals surface area contributed by atoms with Gasteiger partial charge < -0.3 is 14.6 Å². The molecule has 1 atom stereocenters. The maximum Gasteiger partial charge on any atom is 0.260 e. The van der Waals surface area contributed by atoms with Gasteiger partial charge in [-0.2, -0.15) is 5.26 Å². The molecule has 0 unspecified atom stereocenters. The predicted molar refractivity (Wildman–Crippen MR) is 154 cm³/mol. The number of carbonyl (C=O) groups excluding carboxylic acids is 1. The highest BCUT2D eigenvalue weighted by Gasteiger charge is 2.33. The van der Waals surface area contributed by atoms with Crippen LogP contribution in [0.4, 0.5) is 5.82 Å². The molecular weight excluding hydrogens is 514 g/mol. The number of pyridine rings is 1. The van der Waals surface area contributed by atoms with Gasteiger partial charge in [-0.25, -0.2) is 4.98 Å². The molecule has 9 nitrogen and oxygen atoms in total. The molecule has 1 N–H and O–H groups in total. The van der Waals surface area contributed by atoms with E-state index in [4.69, 9.17) is 9.72 Å². The lowest BCUT2D eigenvalue weighted by atomic mass is 9.96. The Balaban J connectivity index is 1.22. The summed E-state index contributed by atoms with van der Waals surface area (Å²) in [5, 5.41) is 21.5. The highest BCUT2D eigenvalue weighted by atomic mass is 16.5. The Bertz CT molecular complexity index is 1700. The highest BCUT2D eigenvalue weighted by molar-refractivity contribution is 6.10. The summed E-state index contributed by atoms with van der Waals surface area (Å²) in [6.07, 6.45) is 3.84. The second kappa shape index (κ2) is 10.2. The van der Waals surface area contributed by atoms with E-state index < -0.39 is 0 Å². The normalized spacial score (nSPS) is 17.3. The fourth-order valence-corrected chi connectivity index (χ4v) is 5.63. The lowest BCUT2D eigenvalue weighted by Crippen LogP contribution is -2.43. The molecule has 0 radical (unpaired) electrons. The van der Waals surface area contributed by atoms with Crippen molar-refractivity contribution in [3.63, 3.8) is 0 Å². The number of fused-ring (bicyclic) bond motifs is 1. The van der Waals surface area contributed by atoms with Crippen LogP contribution in [0.1, 0.15) is 58.4 Å². The van der Waals surface area contributed by atoms with E-state index in [-0.39, 0.29) is 5.91 Å². The quantitative estimate of drug-likeness (QED) is 0.345. The van der Waals surface area contributed by atoms with Gasteiger partial charge in [0.25, 0.3) is 5.91 Å². The average molecular weight is 546 g/mol. The lowest BCUT2D eigenvalue weighted by molar-refractivity contribution is -0.0468. The van der Waals surface area contributed by atoms with Crippen molar-refractivity contribution in [1.29, 1.82) is 5.26 Å². The van der Waals surface area contributed by atoms with Crippen LogP contribution in [0.2, 0.25) is 0 Å². The van der Waals surface area contributed by atoms with Crippen molar-refractivity contribution in [1.82, 2.24) is 25.1 Å². The standard InChI is InChI=1S/C32H31N7O2/c1-19(25-16-41-17-25)34-14-21-3-5-23-15-39(32(40)27(23)10-21)30-12-24(11-29(36-30)22-6-7-22)26-8-4-20(13-33)9-28(26)31-37-35-18-38(31)2/h3-5,8-12,18-19,22,25,34H,6-7,14-17H2,1-2H3/t19-/m1/s1. The number of aryl methyl sites for hydroxylation is 1. The first-order valence-electron chi connectivity index (χ1n) is 14.1. The summed E-state index contributed by atoms with van der Waals surface area (Å²) in [5.74, 6) is 2.24. The number of hydrogen-bond donors (Lipinski definition) is 1. The number of nitrogens with zero attached hydrogens (tertiary/aromatic N) is 6. The Morgan fingerprint density at radius 2 is 1.95 bits per heavy atom. The maximum absolute atomic E-state index is 13.8. The number of ether oxygens (including phenoxy) is 1. The fourth-order valence-electron chi connectivity index (χ4n) is 5.63. The van der Waals surface area contributed by atoms with Gasteiger partial charge in [-0.05, 0) is 72.4 Å². The number of carbonyl (C=O) groups is 1. The zero-order valence-electron chi connectivity index (χ0n) is 23.2. The van der Waals surface area contributed by atoms with Crippen LogP contribution in [0.3, 0.4) is 0 Å². The van der Waals surface area contributed by atoms with E-state index in [9.17, 15) is 10.1 Å². The minimum absolute atomic E-state index is 0.0259. The molecular formula is C32H31N7O2. The Morgan fingerprint density at radius 3 is 2.66 bits per heavy atom. The molecule has 4 heterocycles. The molecule has 1 aliphatic carbocycles. The van der Waals surface area contributed by atoms with Gasteiger partial charge in [0.15, 0.2) is 5.82 Å². The largest absolute Gasteiger partial charge is 0.381 e. The minimum atomic E-state index is -0.0259. The number of benzene rings is 2. The first-order valence-corrected chi connectivity index (χ1v) is 14.1. The van der Waals surface area contributed by atoms with E-state index in [1.165, 1.54) is 0 Å². The van der Waals surface area contributed by atoms with Crippen LogP contribution in [0.25, 0.3) is 22.5 Å². The fraction of sp³-hybridized carbons (Fsp3) is 0.344. The second-order valence-corrected chi connectivity index (χ2v) is 11.4. The van der Waals surface area contributed by atoms with Crippen LogP contribution in [0.15, 0.2) is 54.9 Å². The second-order valence-electron chi connectivity index (χ2n) is 11.4. The monoisotopic (exact) mass is 545 g/mol. The van der Waals surface area contributed by atoms with E-state index in [1.54, 1.807) is 11.2 Å². The van der Waals surface area contributed by atoms with Crippen LogP contribution in [-0.4, -0.2) is 44.9 Å². The van der Waals surface area contributed by atoms with Gasteiger partial charge in [-0.1, -0.05) is 18.2 Å². The van der Waals surface area contributed by atoms with Gasteiger partial charge in [-0.3, -0.25) is 9.69 Å². The molecule has 41 heavy (non-hydrogen) atoms. The van der Waals surface area contributed by atoms with Gasteiger partial charge in [0, 0.05) is 48.3 Å². The average Bonchev–Trinajstić information content (AvgIpc) is 3.65. The Hall–Kier alpha value is -4.39. The Labute approximate surface area is 238 Å². The molecule has 1 saturated heterocycles. The number of aromatic nitrogens is 4. The molecule has 2 aliphatic heterocycles. The summed E-state index contributed by atoms with van der Waals surface area (Å²) in [6.45, 7) is 5.00. The van der Waals surface area contributed by atoms with Crippen LogP contribution in [-0.2, 0) is 24.9 Å². The number of anilines is 1. The van der Waals surface area contributed by atoms with Gasteiger partial charge in [0.1, 0.15) is 12.1 Å². The van der Waals surface area contributed by atoms with Crippen LogP contribution < -0.4 is 10.2 Å². The molecule has 9 heteroatoms. The summed E-state index contributed by atoms with van der Waals surface area (Å²) in [5.41, 5.74) is 7.08. The number of nitriles is 1. The zero-order valence-corrected chi connectivity index (χ0v) is 23.2. The van der Waals surface area contributed by atoms with Crippen molar-refractivity contribution in [3.8, 4) is 28.6 Å². The van der Waals surface area contributed by atoms with Crippen molar-refractivity contribution in [2.24, 2.45) is 13.0 Å². The third-order valence-corrected chi connectivity index (χ3v) is 8.49. The summed E-state index contributed by atoms with van der Waals surface area (Å²) < 4.78 is 7.17. The molecule has 0 spiro atoms. The molecule has 0 bridgehead atoms. The zero-order chi connectivity index (χ0) is 28.1.